The fourth-order valence-electron chi connectivity index (χ4n) is 4.09. The summed E-state index contributed by atoms with van der Waals surface area (Å²) in [5.41, 5.74) is 0.100. The lowest BCUT2D eigenvalue weighted by molar-refractivity contribution is -0.384. The molecule has 0 aromatic heterocycles. The summed E-state index contributed by atoms with van der Waals surface area (Å²) in [4.78, 5) is 37.6. The van der Waals surface area contributed by atoms with E-state index >= 15 is 0 Å². The smallest absolute Gasteiger partial charge is 0.387 e. The molecule has 2 atom stereocenters. The van der Waals surface area contributed by atoms with Crippen molar-refractivity contribution in [1.29, 1.82) is 0 Å². The lowest BCUT2D eigenvalue weighted by atomic mass is 9.91. The molecule has 1 amide bonds. The molecule has 2 aromatic carbocycles. The van der Waals surface area contributed by atoms with Gasteiger partial charge in [0.25, 0.3) is 11.6 Å². The van der Waals surface area contributed by atoms with Gasteiger partial charge in [-0.25, -0.2) is 4.79 Å². The van der Waals surface area contributed by atoms with Crippen LogP contribution in [-0.4, -0.2) is 43.1 Å². The lowest BCUT2D eigenvalue weighted by Crippen LogP contribution is -2.39. The molecule has 0 aliphatic carbocycles. The molecule has 0 saturated carbocycles. The number of nitro benzene ring substituents is 1. The molecule has 1 saturated heterocycles. The Kier molecular flexibility index (Phi) is 7.98. The van der Waals surface area contributed by atoms with Crippen molar-refractivity contribution < 1.29 is 32.8 Å². The molecule has 0 radical (unpaired) electrons. The zero-order valence-electron chi connectivity index (χ0n) is 18.7. The number of nitrogens with zero attached hydrogens (tertiary/aromatic N) is 2. The third kappa shape index (κ3) is 6.40. The normalized spacial score (nSPS) is 17.9. The highest BCUT2D eigenvalue weighted by atomic mass is 19.3. The number of amides is 1. The molecule has 9 nitrogen and oxygen atoms in total. The molecule has 2 aromatic rings. The van der Waals surface area contributed by atoms with Crippen molar-refractivity contribution in [3.63, 3.8) is 0 Å². The summed E-state index contributed by atoms with van der Waals surface area (Å²) in [7, 11) is 0. The van der Waals surface area contributed by atoms with Crippen molar-refractivity contribution in [3.8, 4) is 5.75 Å². The van der Waals surface area contributed by atoms with Gasteiger partial charge in [0.1, 0.15) is 11.4 Å². The molecule has 1 fully saturated rings. The van der Waals surface area contributed by atoms with E-state index in [9.17, 15) is 28.5 Å². The predicted molar refractivity (Wildman–Crippen MR) is 120 cm³/mol. The molecule has 3 rings (SSSR count). The number of ether oxygens (including phenoxy) is 2. The molecule has 1 N–H and O–H groups in total. The monoisotopic (exact) mass is 477 g/mol. The summed E-state index contributed by atoms with van der Waals surface area (Å²) in [6, 6.07) is 9.61. The molecule has 1 aliphatic heterocycles. The highest BCUT2D eigenvalue weighted by molar-refractivity contribution is 5.97. The summed E-state index contributed by atoms with van der Waals surface area (Å²) in [6.45, 7) is 1.72. The minimum atomic E-state index is -3.08. The van der Waals surface area contributed by atoms with Crippen LogP contribution in [0.5, 0.6) is 5.75 Å². The minimum absolute atomic E-state index is 0.0196. The van der Waals surface area contributed by atoms with Gasteiger partial charge in [0.05, 0.1) is 16.2 Å². The molecule has 34 heavy (non-hydrogen) atoms. The maximum atomic E-state index is 12.5. The second-order valence-electron chi connectivity index (χ2n) is 8.31. The lowest BCUT2D eigenvalue weighted by Gasteiger charge is -2.36. The number of rotatable bonds is 8. The Morgan fingerprint density at radius 2 is 1.85 bits per heavy atom. The van der Waals surface area contributed by atoms with Gasteiger partial charge >= 0.3 is 12.6 Å². The maximum absolute atomic E-state index is 12.5. The number of esters is 1. The number of nitrogens with one attached hydrogen (secondary N) is 1. The number of piperidine rings is 1. The largest absolute Gasteiger partial charge is 0.452 e. The van der Waals surface area contributed by atoms with Gasteiger partial charge in [-0.2, -0.15) is 8.78 Å². The molecular formula is C23H25F2N3O6. The van der Waals surface area contributed by atoms with Crippen LogP contribution in [0.4, 0.5) is 25.8 Å². The highest BCUT2D eigenvalue weighted by Crippen LogP contribution is 2.34. The average Bonchev–Trinajstić information content (AvgIpc) is 2.77. The van der Waals surface area contributed by atoms with Gasteiger partial charge in [0, 0.05) is 19.2 Å². The van der Waals surface area contributed by atoms with Crippen molar-refractivity contribution in [3.05, 3.63) is 58.1 Å². The van der Waals surface area contributed by atoms with Crippen LogP contribution in [0, 0.1) is 22.0 Å². The van der Waals surface area contributed by atoms with E-state index in [-0.39, 0.29) is 22.7 Å². The predicted octanol–water partition coefficient (Wildman–Crippen LogP) is 4.47. The second kappa shape index (κ2) is 10.9. The zero-order chi connectivity index (χ0) is 24.8. The highest BCUT2D eigenvalue weighted by Gasteiger charge is 2.28. The van der Waals surface area contributed by atoms with Crippen LogP contribution < -0.4 is 15.0 Å². The quantitative estimate of drug-likeness (QED) is 0.339. The molecule has 0 unspecified atom stereocenters. The van der Waals surface area contributed by atoms with Gasteiger partial charge in [-0.1, -0.05) is 26.0 Å². The number of halogens is 2. The van der Waals surface area contributed by atoms with E-state index in [1.165, 1.54) is 36.4 Å². The number of nitro groups is 1. The number of hydrogen-bond acceptors (Lipinski definition) is 7. The third-order valence-corrected chi connectivity index (χ3v) is 5.33. The number of carbonyl (C=O) groups excluding carboxylic acids is 2. The van der Waals surface area contributed by atoms with Crippen molar-refractivity contribution >= 4 is 28.9 Å². The maximum Gasteiger partial charge on any atom is 0.387 e. The summed E-state index contributed by atoms with van der Waals surface area (Å²) in [5, 5.41) is 14.0. The molecule has 11 heteroatoms. The Morgan fingerprint density at radius 3 is 2.50 bits per heavy atom. The Balaban J connectivity index is 1.67. The van der Waals surface area contributed by atoms with E-state index in [2.05, 4.69) is 23.9 Å². The van der Waals surface area contributed by atoms with Crippen LogP contribution in [0.25, 0.3) is 0 Å². The van der Waals surface area contributed by atoms with E-state index < -0.39 is 30.0 Å². The molecule has 1 heterocycles. The molecular weight excluding hydrogens is 452 g/mol. The molecule has 0 spiro atoms. The fourth-order valence-corrected chi connectivity index (χ4v) is 4.09. The fraction of sp³-hybridized carbons (Fsp3) is 0.391. The van der Waals surface area contributed by atoms with E-state index in [1.807, 2.05) is 4.90 Å². The van der Waals surface area contributed by atoms with Crippen molar-refractivity contribution in [1.82, 2.24) is 0 Å². The van der Waals surface area contributed by atoms with Crippen LogP contribution in [0.15, 0.2) is 42.5 Å². The van der Waals surface area contributed by atoms with Crippen molar-refractivity contribution in [2.75, 3.05) is 29.9 Å². The standard InChI is InChI=1S/C23H25F2N3O6/c1-14-9-15(2)12-27(11-14)18-8-7-16(10-19(18)28(31)32)22(30)33-13-21(29)26-17-5-3-4-6-20(17)34-23(24)25/h3-8,10,14-15,23H,9,11-13H2,1-2H3,(H,26,29)/t14-,15-/m0/s1. The number of para-hydroxylation sites is 2. The SMILES string of the molecule is C[C@H]1C[C@H](C)CN(c2ccc(C(=O)OCC(=O)Nc3ccccc3OC(F)F)cc2[N+](=O)[O-])C1. The number of carbonyl (C=O) groups is 2. The first kappa shape index (κ1) is 24.9. The first-order valence-corrected chi connectivity index (χ1v) is 10.7. The molecule has 0 bridgehead atoms. The van der Waals surface area contributed by atoms with Gasteiger partial charge in [-0.05, 0) is 42.5 Å². The Bertz CT molecular complexity index is 1050. The van der Waals surface area contributed by atoms with Crippen LogP contribution in [0.2, 0.25) is 0 Å². The second-order valence-corrected chi connectivity index (χ2v) is 8.31. The van der Waals surface area contributed by atoms with Crippen LogP contribution in [-0.2, 0) is 9.53 Å². The topological polar surface area (TPSA) is 111 Å². The Hall–Kier alpha value is -3.76. The Labute approximate surface area is 194 Å². The summed E-state index contributed by atoms with van der Waals surface area (Å²) in [5.74, 6) is -1.21. The third-order valence-electron chi connectivity index (χ3n) is 5.33. The Morgan fingerprint density at radius 1 is 1.18 bits per heavy atom. The first-order valence-electron chi connectivity index (χ1n) is 10.7. The van der Waals surface area contributed by atoms with Gasteiger partial charge in [0.2, 0.25) is 0 Å². The minimum Gasteiger partial charge on any atom is -0.452 e. The number of benzene rings is 2. The summed E-state index contributed by atoms with van der Waals surface area (Å²) < 4.78 is 34.3. The van der Waals surface area contributed by atoms with Gasteiger partial charge < -0.3 is 19.7 Å². The van der Waals surface area contributed by atoms with E-state index in [4.69, 9.17) is 4.74 Å². The van der Waals surface area contributed by atoms with Crippen LogP contribution >= 0.6 is 0 Å². The summed E-state index contributed by atoms with van der Waals surface area (Å²) in [6.07, 6.45) is 1.04. The van der Waals surface area contributed by atoms with E-state index in [0.717, 1.165) is 12.5 Å². The van der Waals surface area contributed by atoms with Crippen molar-refractivity contribution in [2.24, 2.45) is 11.8 Å². The van der Waals surface area contributed by atoms with Gasteiger partial charge in [0.15, 0.2) is 6.61 Å². The van der Waals surface area contributed by atoms with E-state index in [1.54, 1.807) is 0 Å². The number of alkyl halides is 2. The number of hydrogen-bond donors (Lipinski definition) is 1. The van der Waals surface area contributed by atoms with Crippen molar-refractivity contribution in [2.45, 2.75) is 26.9 Å². The van der Waals surface area contributed by atoms with Gasteiger partial charge in [-0.3, -0.25) is 14.9 Å². The van der Waals surface area contributed by atoms with Crippen LogP contribution in [0.1, 0.15) is 30.6 Å². The first-order chi connectivity index (χ1) is 16.1. The molecule has 182 valence electrons. The summed E-state index contributed by atoms with van der Waals surface area (Å²) >= 11 is 0. The zero-order valence-corrected chi connectivity index (χ0v) is 18.7. The van der Waals surface area contributed by atoms with E-state index in [0.29, 0.717) is 30.6 Å². The number of anilines is 2. The molecule has 1 aliphatic rings. The van der Waals surface area contributed by atoms with Gasteiger partial charge in [-0.15, -0.1) is 0 Å². The van der Waals surface area contributed by atoms with Crippen LogP contribution in [0.3, 0.4) is 0 Å². The average molecular weight is 477 g/mol.